The van der Waals surface area contributed by atoms with Crippen molar-refractivity contribution in [2.45, 2.75) is 27.7 Å². The summed E-state index contributed by atoms with van der Waals surface area (Å²) in [5.74, 6) is 0. The van der Waals surface area contributed by atoms with Gasteiger partial charge in [0.25, 0.3) is 0 Å². The van der Waals surface area contributed by atoms with Crippen LogP contribution in [0.25, 0.3) is 5.70 Å². The van der Waals surface area contributed by atoms with Crippen molar-refractivity contribution in [3.05, 3.63) is 53.2 Å². The number of allylic oxidation sites excluding steroid dienone is 2. The molecule has 0 bridgehead atoms. The Balaban J connectivity index is 0.000000441. The fourth-order valence-electron chi connectivity index (χ4n) is 1.38. The molecule has 0 aliphatic heterocycles. The molecule has 1 aromatic carbocycles. The number of benzene rings is 1. The van der Waals surface area contributed by atoms with Crippen LogP contribution in [0, 0.1) is 0 Å². The number of rotatable bonds is 5. The molecule has 0 spiro atoms. The van der Waals surface area contributed by atoms with Crippen molar-refractivity contribution in [3.63, 3.8) is 0 Å². The predicted molar refractivity (Wildman–Crippen MR) is 82.5 cm³/mol. The van der Waals surface area contributed by atoms with E-state index in [1.54, 1.807) is 6.20 Å². The third-order valence-electron chi connectivity index (χ3n) is 2.21. The highest BCUT2D eigenvalue weighted by Crippen LogP contribution is 2.14. The summed E-state index contributed by atoms with van der Waals surface area (Å²) in [5.41, 5.74) is 4.11. The zero-order chi connectivity index (χ0) is 15.4. The van der Waals surface area contributed by atoms with Gasteiger partial charge in [-0.25, -0.2) is 0 Å². The zero-order valence-electron chi connectivity index (χ0n) is 12.4. The summed E-state index contributed by atoms with van der Waals surface area (Å²) in [6.45, 7) is 7.77. The van der Waals surface area contributed by atoms with Crippen LogP contribution in [0.2, 0.25) is 0 Å². The van der Waals surface area contributed by atoms with Gasteiger partial charge in [0.1, 0.15) is 0 Å². The molecule has 0 saturated heterocycles. The Hall–Kier alpha value is -2.36. The monoisotopic (exact) mass is 274 g/mol. The van der Waals surface area contributed by atoms with Gasteiger partial charge in [0, 0.05) is 11.9 Å². The minimum atomic E-state index is 0.646. The maximum atomic E-state index is 10.3. The molecule has 0 fully saturated rings. The van der Waals surface area contributed by atoms with Gasteiger partial charge in [0.05, 0.1) is 0 Å². The van der Waals surface area contributed by atoms with E-state index in [1.165, 1.54) is 0 Å². The molecule has 0 heterocycles. The molecule has 0 saturated carbocycles. The van der Waals surface area contributed by atoms with Crippen molar-refractivity contribution >= 4 is 18.5 Å². The molecule has 2 amide bonds. The van der Waals surface area contributed by atoms with Crippen LogP contribution in [-0.4, -0.2) is 12.8 Å². The standard InChI is InChI=1S/C11H13NO.C5H9NO/c1-9(2)11(12-8-13)10-6-4-3-5-7-10;1-5(2)3-6-4-7/h3-8H,1-2H3,(H,12,13);3-4H,1-2H3,(H,6,7). The Labute approximate surface area is 120 Å². The summed E-state index contributed by atoms with van der Waals surface area (Å²) in [5, 5.41) is 5.10. The molecule has 2 N–H and O–H groups in total. The van der Waals surface area contributed by atoms with Crippen LogP contribution in [-0.2, 0) is 9.59 Å². The van der Waals surface area contributed by atoms with E-state index in [2.05, 4.69) is 10.6 Å². The third-order valence-corrected chi connectivity index (χ3v) is 2.21. The molecule has 20 heavy (non-hydrogen) atoms. The Morgan fingerprint density at radius 3 is 1.90 bits per heavy atom. The largest absolute Gasteiger partial charge is 0.335 e. The SMILES string of the molecule is CC(C)=C(NC=O)c1ccccc1.CC(C)=CNC=O. The van der Waals surface area contributed by atoms with Crippen molar-refractivity contribution in [3.8, 4) is 0 Å². The highest BCUT2D eigenvalue weighted by molar-refractivity contribution is 5.75. The fraction of sp³-hybridized carbons (Fsp3) is 0.250. The lowest BCUT2D eigenvalue weighted by molar-refractivity contribution is -0.109. The van der Waals surface area contributed by atoms with Gasteiger partial charge in [-0.3, -0.25) is 9.59 Å². The summed E-state index contributed by atoms with van der Waals surface area (Å²) in [6, 6.07) is 9.79. The lowest BCUT2D eigenvalue weighted by Gasteiger charge is -2.07. The van der Waals surface area contributed by atoms with Crippen LogP contribution in [0.5, 0.6) is 0 Å². The van der Waals surface area contributed by atoms with E-state index in [9.17, 15) is 9.59 Å². The Morgan fingerprint density at radius 1 is 0.950 bits per heavy atom. The van der Waals surface area contributed by atoms with E-state index < -0.39 is 0 Å². The predicted octanol–water partition coefficient (Wildman–Crippen LogP) is 2.84. The summed E-state index contributed by atoms with van der Waals surface area (Å²) in [4.78, 5) is 19.9. The first-order valence-electron chi connectivity index (χ1n) is 6.29. The van der Waals surface area contributed by atoms with Crippen LogP contribution in [0.3, 0.4) is 0 Å². The third kappa shape index (κ3) is 7.87. The van der Waals surface area contributed by atoms with Crippen molar-refractivity contribution in [2.24, 2.45) is 0 Å². The second-order valence-electron chi connectivity index (χ2n) is 4.51. The van der Waals surface area contributed by atoms with Gasteiger partial charge in [-0.15, -0.1) is 0 Å². The summed E-state index contributed by atoms with van der Waals surface area (Å²) < 4.78 is 0. The van der Waals surface area contributed by atoms with Gasteiger partial charge >= 0.3 is 0 Å². The highest BCUT2D eigenvalue weighted by Gasteiger charge is 2.00. The highest BCUT2D eigenvalue weighted by atomic mass is 16.1. The van der Waals surface area contributed by atoms with Gasteiger partial charge in [-0.2, -0.15) is 0 Å². The molecule has 108 valence electrons. The average molecular weight is 274 g/mol. The fourth-order valence-corrected chi connectivity index (χ4v) is 1.38. The summed E-state index contributed by atoms with van der Waals surface area (Å²) in [6.07, 6.45) is 3.00. The molecule has 1 rings (SSSR count). The van der Waals surface area contributed by atoms with Gasteiger partial charge in [-0.05, 0) is 33.3 Å². The van der Waals surface area contributed by atoms with Gasteiger partial charge < -0.3 is 10.6 Å². The molecule has 0 aliphatic carbocycles. The number of carbonyl (C=O) groups is 2. The van der Waals surface area contributed by atoms with Crippen LogP contribution in [0.1, 0.15) is 33.3 Å². The molecule has 0 radical (unpaired) electrons. The molecule has 4 nitrogen and oxygen atoms in total. The van der Waals surface area contributed by atoms with E-state index in [-0.39, 0.29) is 0 Å². The van der Waals surface area contributed by atoms with Crippen molar-refractivity contribution in [1.82, 2.24) is 10.6 Å². The molecule has 0 atom stereocenters. The van der Waals surface area contributed by atoms with Crippen molar-refractivity contribution in [2.75, 3.05) is 0 Å². The van der Waals surface area contributed by atoms with Crippen molar-refractivity contribution < 1.29 is 9.59 Å². The molecule has 0 aromatic heterocycles. The van der Waals surface area contributed by atoms with Crippen molar-refractivity contribution in [1.29, 1.82) is 0 Å². The molecular weight excluding hydrogens is 252 g/mol. The minimum Gasteiger partial charge on any atom is -0.335 e. The van der Waals surface area contributed by atoms with E-state index in [4.69, 9.17) is 0 Å². The first-order valence-corrected chi connectivity index (χ1v) is 6.29. The number of amides is 2. The van der Waals surface area contributed by atoms with E-state index in [1.807, 2.05) is 58.0 Å². The maximum Gasteiger partial charge on any atom is 0.211 e. The zero-order valence-corrected chi connectivity index (χ0v) is 12.4. The smallest absolute Gasteiger partial charge is 0.211 e. The molecule has 0 unspecified atom stereocenters. The summed E-state index contributed by atoms with van der Waals surface area (Å²) in [7, 11) is 0. The van der Waals surface area contributed by atoms with Crippen LogP contribution in [0.15, 0.2) is 47.7 Å². The van der Waals surface area contributed by atoms with Crippen LogP contribution < -0.4 is 10.6 Å². The van der Waals surface area contributed by atoms with Crippen LogP contribution >= 0.6 is 0 Å². The molecule has 1 aromatic rings. The van der Waals surface area contributed by atoms with E-state index >= 15 is 0 Å². The van der Waals surface area contributed by atoms with Crippen LogP contribution in [0.4, 0.5) is 0 Å². The number of hydrogen-bond donors (Lipinski definition) is 2. The summed E-state index contributed by atoms with van der Waals surface area (Å²) >= 11 is 0. The van der Waals surface area contributed by atoms with Gasteiger partial charge in [0.2, 0.25) is 12.8 Å². The van der Waals surface area contributed by atoms with E-state index in [0.29, 0.717) is 12.8 Å². The molecule has 4 heteroatoms. The maximum absolute atomic E-state index is 10.3. The topological polar surface area (TPSA) is 58.2 Å². The Kier molecular flexibility index (Phi) is 9.31. The second-order valence-corrected chi connectivity index (χ2v) is 4.51. The van der Waals surface area contributed by atoms with E-state index in [0.717, 1.165) is 22.4 Å². The Morgan fingerprint density at radius 2 is 1.55 bits per heavy atom. The first kappa shape index (κ1) is 17.6. The number of nitrogens with one attached hydrogen (secondary N) is 2. The molecular formula is C16H22N2O2. The Bertz CT molecular complexity index is 469. The quantitative estimate of drug-likeness (QED) is 0.811. The van der Waals surface area contributed by atoms with Gasteiger partial charge in [0.15, 0.2) is 0 Å². The first-order chi connectivity index (χ1) is 9.52. The lowest BCUT2D eigenvalue weighted by Crippen LogP contribution is -2.10. The number of hydrogen-bond acceptors (Lipinski definition) is 2. The second kappa shape index (κ2) is 10.6. The van der Waals surface area contributed by atoms with Gasteiger partial charge in [-0.1, -0.05) is 41.5 Å². The molecule has 0 aliphatic rings. The average Bonchev–Trinajstić information content (AvgIpc) is 2.43. The lowest BCUT2D eigenvalue weighted by atomic mass is 10.1. The number of carbonyl (C=O) groups excluding carboxylic acids is 2. The minimum absolute atomic E-state index is 0.646. The normalized spacial score (nSPS) is 8.40.